The minimum atomic E-state index is -0.942. The number of hydrogen-bond acceptors (Lipinski definition) is 6. The molecule has 0 radical (unpaired) electrons. The lowest BCUT2D eigenvalue weighted by atomic mass is 9.99. The van der Waals surface area contributed by atoms with Gasteiger partial charge in [-0.15, -0.1) is 0 Å². The number of amides is 1. The Bertz CT molecular complexity index is 918. The van der Waals surface area contributed by atoms with Gasteiger partial charge >= 0.3 is 5.97 Å². The number of carbonyl (C=O) groups excluding carboxylic acids is 2. The molecule has 8 heteroatoms. The van der Waals surface area contributed by atoms with E-state index in [1.807, 2.05) is 12.1 Å². The predicted octanol–water partition coefficient (Wildman–Crippen LogP) is 2.73. The summed E-state index contributed by atoms with van der Waals surface area (Å²) in [6.45, 7) is 1.90. The quantitative estimate of drug-likeness (QED) is 0.675. The van der Waals surface area contributed by atoms with E-state index in [2.05, 4.69) is 26.6 Å². The molecule has 1 amide bonds. The average molecular weight is 426 g/mol. The number of carbonyl (C=O) groups is 2. The third kappa shape index (κ3) is 5.19. The summed E-state index contributed by atoms with van der Waals surface area (Å²) < 4.78 is 12.6. The molecule has 0 aliphatic carbocycles. The lowest BCUT2D eigenvalue weighted by Crippen LogP contribution is -2.61. The molecular formula is C23H27FN4O3. The molecule has 1 aromatic carbocycles. The zero-order valence-corrected chi connectivity index (χ0v) is 17.4. The van der Waals surface area contributed by atoms with E-state index >= 15 is 0 Å². The Morgan fingerprint density at radius 2 is 2.03 bits per heavy atom. The molecule has 4 rings (SSSR count). The van der Waals surface area contributed by atoms with E-state index < -0.39 is 12.0 Å². The van der Waals surface area contributed by atoms with Gasteiger partial charge in [0.2, 0.25) is 5.91 Å². The number of hydrogen-bond donors (Lipinski definition) is 2. The molecule has 7 nitrogen and oxygen atoms in total. The molecule has 164 valence electrons. The van der Waals surface area contributed by atoms with Crippen LogP contribution in [-0.2, 0) is 27.4 Å². The van der Waals surface area contributed by atoms with E-state index in [-0.39, 0.29) is 11.9 Å². The number of halogens is 1. The fourth-order valence-corrected chi connectivity index (χ4v) is 4.23. The van der Waals surface area contributed by atoms with Crippen molar-refractivity contribution in [3.05, 3.63) is 59.3 Å². The van der Waals surface area contributed by atoms with Gasteiger partial charge in [-0.2, -0.15) is 0 Å². The highest BCUT2D eigenvalue weighted by Crippen LogP contribution is 2.27. The maximum atomic E-state index is 12.6. The third-order valence-corrected chi connectivity index (χ3v) is 5.84. The molecule has 1 aromatic heterocycles. The Balaban J connectivity index is 1.21. The van der Waals surface area contributed by atoms with Crippen molar-refractivity contribution in [2.45, 2.75) is 44.2 Å². The highest BCUT2D eigenvalue weighted by Gasteiger charge is 2.39. The largest absolute Gasteiger partial charge is 0.370 e. The minimum absolute atomic E-state index is 0.0231. The molecule has 1 saturated heterocycles. The van der Waals surface area contributed by atoms with Gasteiger partial charge in [0, 0.05) is 36.3 Å². The van der Waals surface area contributed by atoms with Crippen molar-refractivity contribution in [1.82, 2.24) is 15.2 Å². The van der Waals surface area contributed by atoms with Crippen LogP contribution in [0.15, 0.2) is 42.5 Å². The van der Waals surface area contributed by atoms with Crippen molar-refractivity contribution in [1.29, 1.82) is 0 Å². The molecule has 1 fully saturated rings. The second kappa shape index (κ2) is 9.87. The van der Waals surface area contributed by atoms with Crippen LogP contribution in [0.1, 0.15) is 42.1 Å². The van der Waals surface area contributed by atoms with Crippen LogP contribution in [-0.4, -0.2) is 47.4 Å². The lowest BCUT2D eigenvalue weighted by molar-refractivity contribution is -0.192. The highest BCUT2D eigenvalue weighted by molar-refractivity contribution is 5.78. The monoisotopic (exact) mass is 426 g/mol. The summed E-state index contributed by atoms with van der Waals surface area (Å²) in [4.78, 5) is 34.1. The number of nitrogens with zero attached hydrogens (tertiary/aromatic N) is 2. The summed E-state index contributed by atoms with van der Waals surface area (Å²) in [6, 6.07) is 12.2. The van der Waals surface area contributed by atoms with E-state index in [1.54, 1.807) is 29.2 Å². The van der Waals surface area contributed by atoms with Crippen LogP contribution in [0, 0.1) is 0 Å². The molecule has 31 heavy (non-hydrogen) atoms. The number of pyridine rings is 1. The zero-order chi connectivity index (χ0) is 21.6. The van der Waals surface area contributed by atoms with Crippen LogP contribution in [0.25, 0.3) is 0 Å². The molecule has 1 atom stereocenters. The molecular weight excluding hydrogens is 399 g/mol. The van der Waals surface area contributed by atoms with Gasteiger partial charge in [0.25, 0.3) is 0 Å². The molecule has 2 aliphatic heterocycles. The molecule has 3 heterocycles. The van der Waals surface area contributed by atoms with Crippen LogP contribution in [0.4, 0.5) is 10.3 Å². The molecule has 2 N–H and O–H groups in total. The van der Waals surface area contributed by atoms with Crippen molar-refractivity contribution in [2.24, 2.45) is 0 Å². The smallest absolute Gasteiger partial charge is 0.370 e. The van der Waals surface area contributed by atoms with Crippen molar-refractivity contribution < 1.29 is 19.1 Å². The van der Waals surface area contributed by atoms with E-state index in [1.165, 1.54) is 5.56 Å². The molecule has 0 spiro atoms. The number of likely N-dealkylation sites (tertiary alicyclic amines) is 1. The minimum Gasteiger partial charge on any atom is -0.370 e. The van der Waals surface area contributed by atoms with E-state index in [0.29, 0.717) is 25.1 Å². The maximum Gasteiger partial charge on any atom is 0.370 e. The molecule has 2 aliphatic rings. The first-order chi connectivity index (χ1) is 15.1. The second-order valence-corrected chi connectivity index (χ2v) is 8.12. The molecule has 0 bridgehead atoms. The van der Waals surface area contributed by atoms with Crippen LogP contribution >= 0.6 is 0 Å². The van der Waals surface area contributed by atoms with Gasteiger partial charge in [-0.1, -0.05) is 36.4 Å². The Morgan fingerprint density at radius 3 is 2.81 bits per heavy atom. The third-order valence-electron chi connectivity index (χ3n) is 5.84. The Labute approximate surface area is 180 Å². The molecule has 2 aromatic rings. The van der Waals surface area contributed by atoms with Crippen LogP contribution in [0.3, 0.4) is 0 Å². The number of aromatic nitrogens is 1. The fourth-order valence-electron chi connectivity index (χ4n) is 4.23. The van der Waals surface area contributed by atoms with Gasteiger partial charge < -0.3 is 10.6 Å². The number of benzene rings is 1. The first-order valence-corrected chi connectivity index (χ1v) is 10.8. The van der Waals surface area contributed by atoms with E-state index in [4.69, 9.17) is 0 Å². The van der Waals surface area contributed by atoms with Crippen molar-refractivity contribution in [2.75, 3.05) is 25.0 Å². The summed E-state index contributed by atoms with van der Waals surface area (Å²) in [6.07, 6.45) is 4.07. The Morgan fingerprint density at radius 1 is 1.23 bits per heavy atom. The van der Waals surface area contributed by atoms with Gasteiger partial charge in [0.15, 0.2) is 0 Å². The zero-order valence-electron chi connectivity index (χ0n) is 17.4. The number of aryl methyl sites for hydroxylation is 2. The topological polar surface area (TPSA) is 83.6 Å². The maximum absolute atomic E-state index is 12.6. The van der Waals surface area contributed by atoms with E-state index in [9.17, 15) is 14.1 Å². The van der Waals surface area contributed by atoms with Crippen molar-refractivity contribution in [3.8, 4) is 0 Å². The van der Waals surface area contributed by atoms with Gasteiger partial charge in [-0.25, -0.2) is 9.78 Å². The normalized spacial score (nSPS) is 17.1. The number of anilines is 1. The first-order valence-electron chi connectivity index (χ1n) is 10.8. The predicted molar refractivity (Wildman–Crippen MR) is 114 cm³/mol. The molecule has 0 saturated carbocycles. The van der Waals surface area contributed by atoms with Gasteiger partial charge in [-0.05, 0) is 42.9 Å². The van der Waals surface area contributed by atoms with E-state index in [0.717, 1.165) is 43.7 Å². The second-order valence-electron chi connectivity index (χ2n) is 8.12. The lowest BCUT2D eigenvalue weighted by Gasteiger charge is -2.43. The first kappa shape index (κ1) is 21.2. The van der Waals surface area contributed by atoms with Crippen LogP contribution < -0.4 is 10.6 Å². The number of nitrogens with one attached hydrogen (secondary N) is 2. The average Bonchev–Trinajstić information content (AvgIpc) is 2.78. The summed E-state index contributed by atoms with van der Waals surface area (Å²) in [5, 5.41) is 6.32. The van der Waals surface area contributed by atoms with Gasteiger partial charge in [0.1, 0.15) is 11.9 Å². The SMILES string of the molecule is O=C(CCCc1ccc2c(n1)NCCC2)NC1CN([C@@H](C(=O)OF)c2ccccc2)C1. The van der Waals surface area contributed by atoms with Crippen molar-refractivity contribution >= 4 is 17.7 Å². The highest BCUT2D eigenvalue weighted by atomic mass is 19.3. The Hall–Kier alpha value is -3.00. The standard InChI is InChI=1S/C23H27FN4O3/c24-31-23(30)21(16-6-2-1-3-7-16)28-14-19(15-28)26-20(29)10-4-9-18-12-11-17-8-5-13-25-22(17)27-18/h1-3,6-7,11-12,19,21H,4-5,8-10,13-15H2,(H,25,27)(H,26,29)/t21-/m1/s1. The summed E-state index contributed by atoms with van der Waals surface area (Å²) in [5.74, 6) is 0.00983. The van der Waals surface area contributed by atoms with Crippen molar-refractivity contribution in [3.63, 3.8) is 0 Å². The number of rotatable bonds is 8. The van der Waals surface area contributed by atoms with Gasteiger partial charge in [-0.3, -0.25) is 14.6 Å². The fraction of sp³-hybridized carbons (Fsp3) is 0.435. The molecule has 0 unspecified atom stereocenters. The number of fused-ring (bicyclic) bond motifs is 1. The van der Waals surface area contributed by atoms with Crippen LogP contribution in [0.5, 0.6) is 0 Å². The summed E-state index contributed by atoms with van der Waals surface area (Å²) in [5.41, 5.74) is 2.92. The van der Waals surface area contributed by atoms with Gasteiger partial charge in [0.05, 0.1) is 6.04 Å². The summed E-state index contributed by atoms with van der Waals surface area (Å²) in [7, 11) is 0. The van der Waals surface area contributed by atoms with Crippen LogP contribution in [0.2, 0.25) is 0 Å². The summed E-state index contributed by atoms with van der Waals surface area (Å²) >= 11 is 0. The Kier molecular flexibility index (Phi) is 6.76.